The number of fused-ring (bicyclic) bond motifs is 1. The highest BCUT2D eigenvalue weighted by atomic mass is 16.6. The number of amides is 2. The average Bonchev–Trinajstić information content (AvgIpc) is 3.74. The van der Waals surface area contributed by atoms with Crippen molar-refractivity contribution in [3.63, 3.8) is 0 Å². The van der Waals surface area contributed by atoms with Crippen molar-refractivity contribution in [2.45, 2.75) is 32.5 Å². The molecule has 9 heteroatoms. The number of aromatic nitrogens is 3. The largest absolute Gasteiger partial charge is 0.445 e. The lowest BCUT2D eigenvalue weighted by Gasteiger charge is -2.31. The Morgan fingerprint density at radius 2 is 1.59 bits per heavy atom. The van der Waals surface area contributed by atoms with Crippen molar-refractivity contribution in [1.82, 2.24) is 29.2 Å². The maximum absolute atomic E-state index is 13.9. The monoisotopic (exact) mass is 616 g/mol. The van der Waals surface area contributed by atoms with Gasteiger partial charge in [-0.15, -0.1) is 0 Å². The van der Waals surface area contributed by atoms with E-state index in [2.05, 4.69) is 62.0 Å². The maximum atomic E-state index is 13.9. The first-order chi connectivity index (χ1) is 22.6. The molecule has 2 aliphatic rings. The Bertz CT molecular complexity index is 1790. The fraction of sp³-hybridized carbons (Fsp3) is 0.324. The van der Waals surface area contributed by atoms with Crippen LogP contribution in [-0.4, -0.2) is 75.2 Å². The fourth-order valence-electron chi connectivity index (χ4n) is 6.70. The molecule has 0 radical (unpaired) electrons. The molecule has 2 amide bonds. The molecular formula is C37H40N6O3. The highest BCUT2D eigenvalue weighted by Crippen LogP contribution is 2.33. The van der Waals surface area contributed by atoms with Gasteiger partial charge in [0.15, 0.2) is 0 Å². The third kappa shape index (κ3) is 6.55. The minimum Gasteiger partial charge on any atom is -0.445 e. The van der Waals surface area contributed by atoms with Crippen molar-refractivity contribution < 1.29 is 14.3 Å². The van der Waals surface area contributed by atoms with Gasteiger partial charge in [-0.1, -0.05) is 72.8 Å². The van der Waals surface area contributed by atoms with E-state index in [1.165, 1.54) is 0 Å². The summed E-state index contributed by atoms with van der Waals surface area (Å²) in [5, 5.41) is 5.64. The van der Waals surface area contributed by atoms with Crippen LogP contribution in [-0.2, 0) is 24.4 Å². The second kappa shape index (κ2) is 13.6. The van der Waals surface area contributed by atoms with Gasteiger partial charge in [0.1, 0.15) is 6.61 Å². The Labute approximate surface area is 269 Å². The average molecular weight is 617 g/mol. The molecule has 9 nitrogen and oxygen atoms in total. The summed E-state index contributed by atoms with van der Waals surface area (Å²) in [5.74, 6) is 0.512. The number of rotatable bonds is 8. The van der Waals surface area contributed by atoms with E-state index in [4.69, 9.17) is 4.74 Å². The van der Waals surface area contributed by atoms with Crippen LogP contribution in [0.15, 0.2) is 97.7 Å². The molecule has 2 fully saturated rings. The van der Waals surface area contributed by atoms with Crippen LogP contribution >= 0.6 is 0 Å². The summed E-state index contributed by atoms with van der Waals surface area (Å²) in [6.07, 6.45) is 9.54. The molecule has 236 valence electrons. The van der Waals surface area contributed by atoms with Gasteiger partial charge < -0.3 is 29.0 Å². The van der Waals surface area contributed by atoms with E-state index in [1.807, 2.05) is 64.9 Å². The zero-order valence-electron chi connectivity index (χ0n) is 26.1. The molecule has 46 heavy (non-hydrogen) atoms. The Balaban J connectivity index is 1.05. The molecule has 0 saturated carbocycles. The van der Waals surface area contributed by atoms with Crippen LogP contribution in [0, 0.1) is 5.92 Å². The number of ether oxygens (including phenoxy) is 1. The summed E-state index contributed by atoms with van der Waals surface area (Å²) in [6.45, 7) is 6.14. The first-order valence-electron chi connectivity index (χ1n) is 16.2. The van der Waals surface area contributed by atoms with Crippen LogP contribution in [0.4, 0.5) is 4.79 Å². The molecule has 2 aliphatic heterocycles. The van der Waals surface area contributed by atoms with E-state index in [0.717, 1.165) is 71.2 Å². The summed E-state index contributed by atoms with van der Waals surface area (Å²) in [4.78, 5) is 34.8. The number of nitrogens with zero attached hydrogens (tertiary/aromatic N) is 5. The molecule has 0 unspecified atom stereocenters. The van der Waals surface area contributed by atoms with Gasteiger partial charge in [-0.2, -0.15) is 0 Å². The van der Waals surface area contributed by atoms with Gasteiger partial charge in [0.2, 0.25) is 0 Å². The first-order valence-corrected chi connectivity index (χ1v) is 16.2. The quantitative estimate of drug-likeness (QED) is 0.244. The number of piperazine rings is 1. The minimum atomic E-state index is -0.244. The molecule has 2 aromatic heterocycles. The fourth-order valence-corrected chi connectivity index (χ4v) is 6.70. The Kier molecular flexibility index (Phi) is 8.83. The number of benzene rings is 3. The van der Waals surface area contributed by atoms with Crippen molar-refractivity contribution in [3.8, 4) is 11.1 Å². The van der Waals surface area contributed by atoms with Gasteiger partial charge in [0.25, 0.3) is 5.91 Å². The standard InChI is InChI=1S/C37H40N6O3/c44-36(41-19-15-38-16-20-41)35-25-40(24-34(35)33-12-6-10-30-9-4-5-11-32(30)33)23-31-21-39-27-43(31)22-28-13-17-42(18-14-28)37(45)46-26-29-7-2-1-3-8-29/h1-12,21,24-25,27-28,38H,13-20,22-23,26H2. The van der Waals surface area contributed by atoms with Crippen LogP contribution in [0.25, 0.3) is 21.9 Å². The number of likely N-dealkylation sites (tertiary alicyclic amines) is 1. The number of hydrogen-bond acceptors (Lipinski definition) is 5. The SMILES string of the molecule is O=C(OCc1ccccc1)N1CCC(Cn2cncc2Cn2cc(C(=O)N3CCNCC3)c(-c3cccc4ccccc34)c2)CC1. The number of carbonyl (C=O) groups excluding carboxylic acids is 2. The number of piperidine rings is 1. The van der Waals surface area contributed by atoms with Crippen molar-refractivity contribution >= 4 is 22.8 Å². The Morgan fingerprint density at radius 3 is 2.41 bits per heavy atom. The summed E-state index contributed by atoms with van der Waals surface area (Å²) in [7, 11) is 0. The number of carbonyl (C=O) groups is 2. The number of imidazole rings is 1. The minimum absolute atomic E-state index is 0.0748. The second-order valence-electron chi connectivity index (χ2n) is 12.3. The normalized spacial score (nSPS) is 15.7. The van der Waals surface area contributed by atoms with Crippen molar-refractivity contribution in [2.75, 3.05) is 39.3 Å². The summed E-state index contributed by atoms with van der Waals surface area (Å²) in [5.41, 5.74) is 4.84. The second-order valence-corrected chi connectivity index (χ2v) is 12.3. The highest BCUT2D eigenvalue weighted by Gasteiger charge is 2.26. The molecule has 2 saturated heterocycles. The summed E-state index contributed by atoms with van der Waals surface area (Å²) in [6, 6.07) is 24.4. The molecule has 3 aromatic carbocycles. The van der Waals surface area contributed by atoms with E-state index in [1.54, 1.807) is 0 Å². The zero-order valence-corrected chi connectivity index (χ0v) is 26.1. The maximum Gasteiger partial charge on any atom is 0.410 e. The molecule has 0 bridgehead atoms. The van der Waals surface area contributed by atoms with Gasteiger partial charge in [-0.05, 0) is 40.7 Å². The lowest BCUT2D eigenvalue weighted by molar-refractivity contribution is 0.0736. The van der Waals surface area contributed by atoms with E-state index < -0.39 is 0 Å². The third-order valence-corrected chi connectivity index (χ3v) is 9.27. The highest BCUT2D eigenvalue weighted by molar-refractivity contribution is 6.06. The van der Waals surface area contributed by atoms with Gasteiger partial charge >= 0.3 is 6.09 Å². The predicted molar refractivity (Wildman–Crippen MR) is 178 cm³/mol. The predicted octanol–water partition coefficient (Wildman–Crippen LogP) is 5.65. The van der Waals surface area contributed by atoms with Gasteiger partial charge in [-0.3, -0.25) is 4.79 Å². The molecule has 1 N–H and O–H groups in total. The molecule has 4 heterocycles. The van der Waals surface area contributed by atoms with Gasteiger partial charge in [0.05, 0.1) is 24.1 Å². The summed E-state index contributed by atoms with van der Waals surface area (Å²) >= 11 is 0. The Morgan fingerprint density at radius 1 is 0.826 bits per heavy atom. The van der Waals surface area contributed by atoms with Crippen LogP contribution in [0.5, 0.6) is 0 Å². The van der Waals surface area contributed by atoms with Crippen LogP contribution in [0.1, 0.15) is 34.5 Å². The number of nitrogens with one attached hydrogen (secondary N) is 1. The van der Waals surface area contributed by atoms with Crippen LogP contribution in [0.2, 0.25) is 0 Å². The van der Waals surface area contributed by atoms with E-state index >= 15 is 0 Å². The molecule has 7 rings (SSSR count). The smallest absolute Gasteiger partial charge is 0.410 e. The van der Waals surface area contributed by atoms with E-state index in [0.29, 0.717) is 45.2 Å². The van der Waals surface area contributed by atoms with Crippen LogP contribution in [0.3, 0.4) is 0 Å². The topological polar surface area (TPSA) is 84.6 Å². The van der Waals surface area contributed by atoms with E-state index in [-0.39, 0.29) is 12.0 Å². The zero-order chi connectivity index (χ0) is 31.3. The van der Waals surface area contributed by atoms with Crippen molar-refractivity contribution in [2.24, 2.45) is 5.92 Å². The van der Waals surface area contributed by atoms with Gasteiger partial charge in [-0.25, -0.2) is 9.78 Å². The first kappa shape index (κ1) is 29.8. The van der Waals surface area contributed by atoms with Crippen molar-refractivity contribution in [3.05, 3.63) is 115 Å². The van der Waals surface area contributed by atoms with Crippen LogP contribution < -0.4 is 5.32 Å². The third-order valence-electron chi connectivity index (χ3n) is 9.27. The van der Waals surface area contributed by atoms with Crippen molar-refractivity contribution in [1.29, 1.82) is 0 Å². The lowest BCUT2D eigenvalue weighted by atomic mass is 9.97. The molecule has 0 atom stereocenters. The van der Waals surface area contributed by atoms with Gasteiger partial charge in [0, 0.05) is 70.0 Å². The molecule has 0 aliphatic carbocycles. The molecule has 0 spiro atoms. The van der Waals surface area contributed by atoms with E-state index in [9.17, 15) is 9.59 Å². The number of hydrogen-bond donors (Lipinski definition) is 1. The Hall–Kier alpha value is -4.89. The molecular weight excluding hydrogens is 576 g/mol. The lowest BCUT2D eigenvalue weighted by Crippen LogP contribution is -2.46. The summed E-state index contributed by atoms with van der Waals surface area (Å²) < 4.78 is 9.91. The molecule has 5 aromatic rings.